The summed E-state index contributed by atoms with van der Waals surface area (Å²) in [6, 6.07) is 0. The van der Waals surface area contributed by atoms with E-state index in [0.717, 1.165) is 17.8 Å². The maximum absolute atomic E-state index is 9.31. The number of aliphatic hydroxyl groups excluding tert-OH is 1. The van der Waals surface area contributed by atoms with Crippen molar-refractivity contribution in [2.75, 3.05) is 6.61 Å². The Kier molecular flexibility index (Phi) is 4.89. The van der Waals surface area contributed by atoms with Gasteiger partial charge in [-0.3, -0.25) is 0 Å². The summed E-state index contributed by atoms with van der Waals surface area (Å²) in [5, 5.41) is 9.31. The molecule has 0 bridgehead atoms. The third kappa shape index (κ3) is 2.93. The Labute approximate surface area is 126 Å². The van der Waals surface area contributed by atoms with Gasteiger partial charge in [0, 0.05) is 6.61 Å². The Morgan fingerprint density at radius 3 is 2.50 bits per heavy atom. The number of hydrogen-bond donors (Lipinski definition) is 1. The Hall–Kier alpha value is -0.0400. The molecule has 1 nitrogen and oxygen atoms in total. The molecule has 0 heterocycles. The number of rotatable bonds is 4. The largest absolute Gasteiger partial charge is 0.396 e. The standard InChI is InChI=1S/C19H36O/c1-14(13-20)7-9-16-15(2)8-10-17-18(3,4)11-6-12-19(16,17)5/h14-17,20H,6-13H2,1-5H3. The lowest BCUT2D eigenvalue weighted by Gasteiger charge is -2.59. The van der Waals surface area contributed by atoms with Crippen molar-refractivity contribution in [2.24, 2.45) is 34.5 Å². The lowest BCUT2D eigenvalue weighted by molar-refractivity contribution is -0.0975. The van der Waals surface area contributed by atoms with Crippen molar-refractivity contribution in [2.45, 2.75) is 79.6 Å². The van der Waals surface area contributed by atoms with Crippen LogP contribution in [0.4, 0.5) is 0 Å². The average molecular weight is 280 g/mol. The minimum Gasteiger partial charge on any atom is -0.396 e. The van der Waals surface area contributed by atoms with E-state index in [9.17, 15) is 5.11 Å². The number of hydrogen-bond acceptors (Lipinski definition) is 1. The van der Waals surface area contributed by atoms with Crippen LogP contribution in [0.3, 0.4) is 0 Å². The van der Waals surface area contributed by atoms with Gasteiger partial charge in [-0.05, 0) is 66.6 Å². The summed E-state index contributed by atoms with van der Waals surface area (Å²) in [5.74, 6) is 3.13. The van der Waals surface area contributed by atoms with Crippen molar-refractivity contribution < 1.29 is 5.11 Å². The molecule has 5 atom stereocenters. The van der Waals surface area contributed by atoms with Crippen LogP contribution in [0.2, 0.25) is 0 Å². The molecule has 0 aromatic carbocycles. The van der Waals surface area contributed by atoms with Gasteiger partial charge >= 0.3 is 0 Å². The lowest BCUT2D eigenvalue weighted by Crippen LogP contribution is -2.51. The highest BCUT2D eigenvalue weighted by atomic mass is 16.3. The fourth-order valence-corrected chi connectivity index (χ4v) is 5.78. The smallest absolute Gasteiger partial charge is 0.0456 e. The molecule has 0 saturated heterocycles. The second-order valence-electron chi connectivity index (χ2n) is 8.93. The third-order valence-corrected chi connectivity index (χ3v) is 7.00. The molecule has 0 aromatic heterocycles. The van der Waals surface area contributed by atoms with Crippen molar-refractivity contribution in [3.8, 4) is 0 Å². The van der Waals surface area contributed by atoms with E-state index in [0.29, 0.717) is 23.4 Å². The number of aliphatic hydroxyl groups is 1. The van der Waals surface area contributed by atoms with Gasteiger partial charge in [-0.25, -0.2) is 0 Å². The van der Waals surface area contributed by atoms with Crippen LogP contribution in [0, 0.1) is 34.5 Å². The molecule has 2 aliphatic rings. The first-order valence-corrected chi connectivity index (χ1v) is 8.92. The normalized spacial score (nSPS) is 42.0. The fourth-order valence-electron chi connectivity index (χ4n) is 5.78. The monoisotopic (exact) mass is 280 g/mol. The van der Waals surface area contributed by atoms with Crippen LogP contribution in [0.1, 0.15) is 79.6 Å². The van der Waals surface area contributed by atoms with E-state index in [4.69, 9.17) is 0 Å². The molecule has 1 heteroatoms. The van der Waals surface area contributed by atoms with Gasteiger partial charge in [-0.2, -0.15) is 0 Å². The molecule has 118 valence electrons. The minimum atomic E-state index is 0.354. The summed E-state index contributed by atoms with van der Waals surface area (Å²) in [6.45, 7) is 12.7. The summed E-state index contributed by atoms with van der Waals surface area (Å²) in [6.07, 6.45) is 9.66. The highest BCUT2D eigenvalue weighted by Gasteiger charge is 2.53. The molecule has 0 radical (unpaired) electrons. The maximum Gasteiger partial charge on any atom is 0.0456 e. The van der Waals surface area contributed by atoms with E-state index in [1.165, 1.54) is 44.9 Å². The molecular weight excluding hydrogens is 244 g/mol. The zero-order valence-corrected chi connectivity index (χ0v) is 14.4. The topological polar surface area (TPSA) is 20.2 Å². The molecule has 0 aliphatic heterocycles. The van der Waals surface area contributed by atoms with Crippen LogP contribution in [0.15, 0.2) is 0 Å². The maximum atomic E-state index is 9.31. The van der Waals surface area contributed by atoms with Gasteiger partial charge in [0.15, 0.2) is 0 Å². The van der Waals surface area contributed by atoms with Gasteiger partial charge in [-0.15, -0.1) is 0 Å². The first-order chi connectivity index (χ1) is 9.31. The van der Waals surface area contributed by atoms with Crippen LogP contribution < -0.4 is 0 Å². The molecule has 2 rings (SSSR count). The second kappa shape index (κ2) is 5.99. The summed E-state index contributed by atoms with van der Waals surface area (Å²) in [7, 11) is 0. The highest BCUT2D eigenvalue weighted by molar-refractivity contribution is 5.02. The summed E-state index contributed by atoms with van der Waals surface area (Å²) in [4.78, 5) is 0. The molecular formula is C19H36O. The molecule has 2 aliphatic carbocycles. The molecule has 2 fully saturated rings. The Bertz CT molecular complexity index is 322. The minimum absolute atomic E-state index is 0.354. The molecule has 0 amide bonds. The van der Waals surface area contributed by atoms with E-state index < -0.39 is 0 Å². The van der Waals surface area contributed by atoms with Gasteiger partial charge in [0.1, 0.15) is 0 Å². The van der Waals surface area contributed by atoms with Crippen LogP contribution in [0.5, 0.6) is 0 Å². The molecule has 1 N–H and O–H groups in total. The predicted octanol–water partition coefficient (Wildman–Crippen LogP) is 5.27. The van der Waals surface area contributed by atoms with Crippen LogP contribution in [-0.2, 0) is 0 Å². The fraction of sp³-hybridized carbons (Fsp3) is 1.00. The summed E-state index contributed by atoms with van der Waals surface area (Å²) < 4.78 is 0. The summed E-state index contributed by atoms with van der Waals surface area (Å²) in [5.41, 5.74) is 1.09. The molecule has 2 saturated carbocycles. The van der Waals surface area contributed by atoms with Gasteiger partial charge in [0.25, 0.3) is 0 Å². The SMILES string of the molecule is CC(CO)CCC1C(C)CCC2C(C)(C)CCCC12C. The zero-order chi connectivity index (χ0) is 15.0. The van der Waals surface area contributed by atoms with Crippen LogP contribution in [-0.4, -0.2) is 11.7 Å². The number of fused-ring (bicyclic) bond motifs is 1. The van der Waals surface area contributed by atoms with E-state index in [2.05, 4.69) is 34.6 Å². The highest BCUT2D eigenvalue weighted by Crippen LogP contribution is 2.62. The van der Waals surface area contributed by atoms with Crippen LogP contribution in [0.25, 0.3) is 0 Å². The van der Waals surface area contributed by atoms with Gasteiger partial charge in [-0.1, -0.05) is 47.5 Å². The van der Waals surface area contributed by atoms with Crippen molar-refractivity contribution in [3.05, 3.63) is 0 Å². The quantitative estimate of drug-likeness (QED) is 0.743. The van der Waals surface area contributed by atoms with Gasteiger partial charge in [0.2, 0.25) is 0 Å². The Morgan fingerprint density at radius 2 is 1.85 bits per heavy atom. The van der Waals surface area contributed by atoms with Gasteiger partial charge < -0.3 is 5.11 Å². The molecule has 5 unspecified atom stereocenters. The first-order valence-electron chi connectivity index (χ1n) is 8.92. The Morgan fingerprint density at radius 1 is 1.15 bits per heavy atom. The predicted molar refractivity (Wildman–Crippen MR) is 86.6 cm³/mol. The van der Waals surface area contributed by atoms with Crippen molar-refractivity contribution in [1.82, 2.24) is 0 Å². The van der Waals surface area contributed by atoms with Crippen molar-refractivity contribution >= 4 is 0 Å². The second-order valence-corrected chi connectivity index (χ2v) is 8.93. The van der Waals surface area contributed by atoms with Crippen molar-refractivity contribution in [3.63, 3.8) is 0 Å². The van der Waals surface area contributed by atoms with Crippen molar-refractivity contribution in [1.29, 1.82) is 0 Å². The molecule has 20 heavy (non-hydrogen) atoms. The molecule has 0 aromatic rings. The molecule has 0 spiro atoms. The average Bonchev–Trinajstić information content (AvgIpc) is 2.36. The van der Waals surface area contributed by atoms with E-state index in [1.54, 1.807) is 0 Å². The van der Waals surface area contributed by atoms with E-state index in [1.807, 2.05) is 0 Å². The zero-order valence-electron chi connectivity index (χ0n) is 14.4. The third-order valence-electron chi connectivity index (χ3n) is 7.00. The van der Waals surface area contributed by atoms with E-state index in [-0.39, 0.29) is 0 Å². The first kappa shape index (κ1) is 16.3. The Balaban J connectivity index is 2.15. The van der Waals surface area contributed by atoms with Crippen LogP contribution >= 0.6 is 0 Å². The lowest BCUT2D eigenvalue weighted by atomic mass is 9.46. The van der Waals surface area contributed by atoms with Gasteiger partial charge in [0.05, 0.1) is 0 Å². The summed E-state index contributed by atoms with van der Waals surface area (Å²) >= 11 is 0. The van der Waals surface area contributed by atoms with E-state index >= 15 is 0 Å².